The molecule has 4 nitrogen and oxygen atoms in total. The van der Waals surface area contributed by atoms with Gasteiger partial charge in [-0.2, -0.15) is 0 Å². The van der Waals surface area contributed by atoms with E-state index in [-0.39, 0.29) is 25.0 Å². The van der Waals surface area contributed by atoms with Crippen molar-refractivity contribution in [2.75, 3.05) is 13.2 Å². The summed E-state index contributed by atoms with van der Waals surface area (Å²) in [5.74, 6) is 0.212. The molecule has 1 aliphatic heterocycles. The highest BCUT2D eigenvalue weighted by Gasteiger charge is 2.35. The lowest BCUT2D eigenvalue weighted by Crippen LogP contribution is -2.51. The van der Waals surface area contributed by atoms with E-state index in [1.54, 1.807) is 11.8 Å². The average molecular weight is 291 g/mol. The maximum Gasteiger partial charge on any atom is 0.226 e. The van der Waals surface area contributed by atoms with Gasteiger partial charge in [0.15, 0.2) is 0 Å². The molecule has 1 fully saturated rings. The van der Waals surface area contributed by atoms with Crippen LogP contribution in [-0.2, 0) is 10.4 Å². The fourth-order valence-corrected chi connectivity index (χ4v) is 3.13. The maximum atomic E-state index is 12.6. The Balaban J connectivity index is 2.09. The van der Waals surface area contributed by atoms with Crippen LogP contribution in [0, 0.1) is 5.92 Å². The van der Waals surface area contributed by atoms with Crippen LogP contribution in [0.3, 0.4) is 0 Å². The number of carbonyl (C=O) groups is 1. The van der Waals surface area contributed by atoms with E-state index in [2.05, 4.69) is 6.92 Å². The first-order chi connectivity index (χ1) is 9.95. The number of aliphatic hydroxyl groups excluding tert-OH is 1. The molecule has 2 N–H and O–H groups in total. The summed E-state index contributed by atoms with van der Waals surface area (Å²) in [6.45, 7) is 4.39. The summed E-state index contributed by atoms with van der Waals surface area (Å²) in [6, 6.07) is 9.13. The fraction of sp³-hybridized carbons (Fsp3) is 0.588. The zero-order valence-corrected chi connectivity index (χ0v) is 12.8. The number of piperidine rings is 1. The monoisotopic (exact) mass is 291 g/mol. The second-order valence-electron chi connectivity index (χ2n) is 6.27. The van der Waals surface area contributed by atoms with Crippen molar-refractivity contribution in [2.24, 2.45) is 5.92 Å². The van der Waals surface area contributed by atoms with Crippen molar-refractivity contribution in [1.82, 2.24) is 4.90 Å². The van der Waals surface area contributed by atoms with Crippen LogP contribution in [0.1, 0.15) is 38.7 Å². The van der Waals surface area contributed by atoms with Crippen molar-refractivity contribution in [3.63, 3.8) is 0 Å². The summed E-state index contributed by atoms with van der Waals surface area (Å²) in [7, 11) is 0. The molecule has 0 aromatic heterocycles. The van der Waals surface area contributed by atoms with Gasteiger partial charge in [-0.25, -0.2) is 0 Å². The van der Waals surface area contributed by atoms with Crippen molar-refractivity contribution >= 4 is 5.91 Å². The molecule has 1 heterocycles. The third-order valence-electron chi connectivity index (χ3n) is 4.51. The molecule has 1 aliphatic rings. The van der Waals surface area contributed by atoms with E-state index in [0.29, 0.717) is 12.5 Å². The minimum Gasteiger partial charge on any atom is -0.394 e. The first-order valence-corrected chi connectivity index (χ1v) is 7.64. The zero-order chi connectivity index (χ0) is 15.5. The Morgan fingerprint density at radius 2 is 2.05 bits per heavy atom. The van der Waals surface area contributed by atoms with Crippen LogP contribution in [0.5, 0.6) is 0 Å². The lowest BCUT2D eigenvalue weighted by atomic mass is 9.88. The van der Waals surface area contributed by atoms with E-state index in [9.17, 15) is 15.0 Å². The summed E-state index contributed by atoms with van der Waals surface area (Å²) in [5.41, 5.74) is -0.442. The van der Waals surface area contributed by atoms with Crippen LogP contribution in [0.15, 0.2) is 30.3 Å². The van der Waals surface area contributed by atoms with Crippen molar-refractivity contribution < 1.29 is 15.0 Å². The molecule has 21 heavy (non-hydrogen) atoms. The van der Waals surface area contributed by atoms with Gasteiger partial charge in [0.25, 0.3) is 0 Å². The molecule has 3 atom stereocenters. The molecule has 1 saturated heterocycles. The second-order valence-corrected chi connectivity index (χ2v) is 6.27. The number of benzene rings is 1. The van der Waals surface area contributed by atoms with E-state index in [0.717, 1.165) is 18.4 Å². The fourth-order valence-electron chi connectivity index (χ4n) is 3.13. The van der Waals surface area contributed by atoms with Crippen LogP contribution in [0.25, 0.3) is 0 Å². The predicted molar refractivity (Wildman–Crippen MR) is 81.6 cm³/mol. The molecule has 0 bridgehead atoms. The highest BCUT2D eigenvalue weighted by atomic mass is 16.3. The number of likely N-dealkylation sites (tertiary alicyclic amines) is 1. The molecular weight excluding hydrogens is 266 g/mol. The maximum absolute atomic E-state index is 12.6. The first-order valence-electron chi connectivity index (χ1n) is 7.64. The van der Waals surface area contributed by atoms with Gasteiger partial charge in [0.1, 0.15) is 0 Å². The van der Waals surface area contributed by atoms with E-state index in [1.807, 2.05) is 30.3 Å². The SMILES string of the molecule is CC1CCCN(C(=O)CC(C)(O)c2ccccc2)C1CO. The van der Waals surface area contributed by atoms with Gasteiger partial charge >= 0.3 is 0 Å². The Hall–Kier alpha value is -1.39. The van der Waals surface area contributed by atoms with Crippen LogP contribution in [-0.4, -0.2) is 40.2 Å². The summed E-state index contributed by atoms with van der Waals surface area (Å²) < 4.78 is 0. The van der Waals surface area contributed by atoms with Gasteiger partial charge in [-0.1, -0.05) is 37.3 Å². The third-order valence-corrected chi connectivity index (χ3v) is 4.51. The van der Waals surface area contributed by atoms with Crippen LogP contribution >= 0.6 is 0 Å². The molecule has 1 amide bonds. The van der Waals surface area contributed by atoms with E-state index < -0.39 is 5.60 Å². The van der Waals surface area contributed by atoms with Gasteiger partial charge in [-0.15, -0.1) is 0 Å². The Labute approximate surface area is 126 Å². The molecule has 0 spiro atoms. The Morgan fingerprint density at radius 1 is 1.38 bits per heavy atom. The lowest BCUT2D eigenvalue weighted by molar-refractivity contribution is -0.142. The Bertz CT molecular complexity index is 472. The van der Waals surface area contributed by atoms with Gasteiger partial charge in [0.05, 0.1) is 24.7 Å². The van der Waals surface area contributed by atoms with Crippen LogP contribution in [0.2, 0.25) is 0 Å². The number of aliphatic hydroxyl groups is 2. The largest absolute Gasteiger partial charge is 0.394 e. The van der Waals surface area contributed by atoms with Crippen molar-refractivity contribution in [2.45, 2.75) is 44.8 Å². The third kappa shape index (κ3) is 3.63. The van der Waals surface area contributed by atoms with Crippen LogP contribution in [0.4, 0.5) is 0 Å². The number of carbonyl (C=O) groups excluding carboxylic acids is 1. The summed E-state index contributed by atoms with van der Waals surface area (Å²) >= 11 is 0. The van der Waals surface area contributed by atoms with Crippen molar-refractivity contribution in [3.05, 3.63) is 35.9 Å². The van der Waals surface area contributed by atoms with E-state index in [1.165, 1.54) is 0 Å². The Morgan fingerprint density at radius 3 is 2.67 bits per heavy atom. The summed E-state index contributed by atoms with van der Waals surface area (Å²) in [4.78, 5) is 14.3. The highest BCUT2D eigenvalue weighted by molar-refractivity contribution is 5.78. The van der Waals surface area contributed by atoms with Gasteiger partial charge in [0.2, 0.25) is 5.91 Å². The number of hydrogen-bond acceptors (Lipinski definition) is 3. The molecule has 2 rings (SSSR count). The van der Waals surface area contributed by atoms with Crippen LogP contribution < -0.4 is 0 Å². The van der Waals surface area contributed by atoms with Gasteiger partial charge in [0, 0.05) is 6.54 Å². The first kappa shape index (κ1) is 16.0. The normalized spacial score (nSPS) is 25.4. The number of hydrogen-bond donors (Lipinski definition) is 2. The topological polar surface area (TPSA) is 60.8 Å². The summed E-state index contributed by atoms with van der Waals surface area (Å²) in [6.07, 6.45) is 2.03. The highest BCUT2D eigenvalue weighted by Crippen LogP contribution is 2.28. The number of nitrogens with zero attached hydrogens (tertiary/aromatic N) is 1. The summed E-state index contributed by atoms with van der Waals surface area (Å²) in [5, 5.41) is 20.1. The number of amides is 1. The van der Waals surface area contributed by atoms with Gasteiger partial charge in [-0.3, -0.25) is 4.79 Å². The average Bonchev–Trinajstić information content (AvgIpc) is 2.47. The molecule has 1 aromatic rings. The quantitative estimate of drug-likeness (QED) is 0.891. The van der Waals surface area contributed by atoms with Gasteiger partial charge < -0.3 is 15.1 Å². The standard InChI is InChI=1S/C17H25NO3/c1-13-7-6-10-18(15(13)12-19)16(20)11-17(2,21)14-8-4-3-5-9-14/h3-5,8-9,13,15,19,21H,6-7,10-12H2,1-2H3. The lowest BCUT2D eigenvalue weighted by Gasteiger charge is -2.40. The minimum atomic E-state index is -1.18. The number of rotatable bonds is 4. The smallest absolute Gasteiger partial charge is 0.226 e. The molecule has 0 aliphatic carbocycles. The van der Waals surface area contributed by atoms with E-state index in [4.69, 9.17) is 0 Å². The molecule has 4 heteroatoms. The zero-order valence-electron chi connectivity index (χ0n) is 12.8. The molecule has 1 aromatic carbocycles. The molecular formula is C17H25NO3. The second kappa shape index (κ2) is 6.58. The van der Waals surface area contributed by atoms with E-state index >= 15 is 0 Å². The molecule has 3 unspecified atom stereocenters. The van der Waals surface area contributed by atoms with Gasteiger partial charge in [-0.05, 0) is 31.2 Å². The van der Waals surface area contributed by atoms with Crippen molar-refractivity contribution in [1.29, 1.82) is 0 Å². The molecule has 116 valence electrons. The molecule has 0 saturated carbocycles. The van der Waals surface area contributed by atoms with Crippen molar-refractivity contribution in [3.8, 4) is 0 Å². The minimum absolute atomic E-state index is 0.0135. The Kier molecular flexibility index (Phi) is 5.01. The molecule has 0 radical (unpaired) electrons. The predicted octanol–water partition coefficient (Wildman–Crippen LogP) is 1.90.